The third kappa shape index (κ3) is 17.8. The molecule has 0 spiro atoms. The van der Waals surface area contributed by atoms with Crippen LogP contribution in [0, 0.1) is 13.8 Å². The summed E-state index contributed by atoms with van der Waals surface area (Å²) in [5, 5.41) is 12.0. The summed E-state index contributed by atoms with van der Waals surface area (Å²) < 4.78 is 59.2. The van der Waals surface area contributed by atoms with E-state index in [1.54, 1.807) is 13.8 Å². The van der Waals surface area contributed by atoms with E-state index >= 15 is 0 Å². The average molecular weight is 554 g/mol. The Bertz CT molecular complexity index is 907. The van der Waals surface area contributed by atoms with Crippen molar-refractivity contribution in [3.63, 3.8) is 0 Å². The van der Waals surface area contributed by atoms with Crippen LogP contribution in [0.25, 0.3) is 0 Å². The van der Waals surface area contributed by atoms with Crippen LogP contribution in [0.15, 0.2) is 41.4 Å². The third-order valence-electron chi connectivity index (χ3n) is 4.30. The quantitative estimate of drug-likeness (QED) is 0.172. The number of hydrogen-bond donors (Lipinski definition) is 0. The summed E-state index contributed by atoms with van der Waals surface area (Å²) in [7, 11) is -10.7. The van der Waals surface area contributed by atoms with Crippen molar-refractivity contribution >= 4 is 13.5 Å². The second kappa shape index (κ2) is 11.4. The molecular formula is C21H29F6FeN4OP+. The van der Waals surface area contributed by atoms with Gasteiger partial charge < -0.3 is 5.11 Å². The molecule has 0 atom stereocenters. The first kappa shape index (κ1) is 32.4. The first-order chi connectivity index (χ1) is 14.7. The summed E-state index contributed by atoms with van der Waals surface area (Å²) in [6.07, 6.45) is 0. The fourth-order valence-electron chi connectivity index (χ4n) is 2.60. The van der Waals surface area contributed by atoms with Gasteiger partial charge in [-0.15, -0.1) is 0 Å². The first-order valence-corrected chi connectivity index (χ1v) is 12.1. The molecule has 0 bridgehead atoms. The number of nitrogens with zero attached hydrogens (tertiary/aromatic N) is 4. The van der Waals surface area contributed by atoms with E-state index in [0.29, 0.717) is 12.3 Å². The van der Waals surface area contributed by atoms with Gasteiger partial charge in [0.2, 0.25) is 0 Å². The minimum absolute atomic E-state index is 0. The van der Waals surface area contributed by atoms with Crippen molar-refractivity contribution in [1.29, 1.82) is 0 Å². The maximum atomic E-state index is 12.0. The van der Waals surface area contributed by atoms with Crippen LogP contribution in [-0.2, 0) is 30.2 Å². The molecule has 0 unspecified atom stereocenters. The maximum absolute atomic E-state index is 12.0. The van der Waals surface area contributed by atoms with Crippen molar-refractivity contribution in [2.45, 2.75) is 53.3 Å². The molecule has 5 nitrogen and oxygen atoms in total. The maximum Gasteiger partial charge on any atom is 3.00 e. The Labute approximate surface area is 206 Å². The molecule has 0 aromatic carbocycles. The van der Waals surface area contributed by atoms with Crippen LogP contribution >= 0.6 is 7.81 Å². The Hall–Kier alpha value is -1.58. The van der Waals surface area contributed by atoms with Crippen LogP contribution in [0.2, 0.25) is 0 Å². The van der Waals surface area contributed by atoms with E-state index in [4.69, 9.17) is 0 Å². The number of pyridine rings is 2. The molecule has 34 heavy (non-hydrogen) atoms. The monoisotopic (exact) mass is 554 g/mol. The largest absolute Gasteiger partial charge is 3.00 e. The number of aromatic nitrogens is 2. The predicted molar refractivity (Wildman–Crippen MR) is 118 cm³/mol. The summed E-state index contributed by atoms with van der Waals surface area (Å²) in [5.74, 6) is 0. The van der Waals surface area contributed by atoms with Gasteiger partial charge in [0.15, 0.2) is 0 Å². The zero-order chi connectivity index (χ0) is 25.6. The van der Waals surface area contributed by atoms with Gasteiger partial charge in [-0.3, -0.25) is 19.9 Å². The van der Waals surface area contributed by atoms with Gasteiger partial charge in [0.25, 0.3) is 0 Å². The minimum Gasteiger partial charge on any atom is 3.00 e. The van der Waals surface area contributed by atoms with Gasteiger partial charge in [-0.25, -0.2) is 0 Å². The Balaban J connectivity index is 0.00000119. The first-order valence-electron chi connectivity index (χ1n) is 10.0. The molecule has 0 aliphatic carbocycles. The van der Waals surface area contributed by atoms with Crippen molar-refractivity contribution in [3.05, 3.63) is 59.2 Å². The molecule has 2 heterocycles. The Morgan fingerprint density at radius 1 is 0.912 bits per heavy atom. The van der Waals surface area contributed by atoms with Crippen LogP contribution < -0.4 is 5.11 Å². The van der Waals surface area contributed by atoms with Crippen molar-refractivity contribution in [1.82, 2.24) is 14.9 Å². The van der Waals surface area contributed by atoms with Crippen LogP contribution in [0.1, 0.15) is 43.5 Å². The summed E-state index contributed by atoms with van der Waals surface area (Å²) in [6, 6.07) is 12.1. The molecule has 0 saturated carbocycles. The molecule has 1 radical (unpaired) electrons. The van der Waals surface area contributed by atoms with E-state index in [1.165, 1.54) is 0 Å². The Morgan fingerprint density at radius 2 is 1.29 bits per heavy atom. The molecule has 0 amide bonds. The molecule has 193 valence electrons. The second-order valence-corrected chi connectivity index (χ2v) is 10.1. The molecule has 0 aliphatic heterocycles. The van der Waals surface area contributed by atoms with Crippen molar-refractivity contribution in [3.8, 4) is 0 Å². The van der Waals surface area contributed by atoms with Crippen LogP contribution in [0.5, 0.6) is 0 Å². The van der Waals surface area contributed by atoms with Gasteiger partial charge in [0.1, 0.15) is 0 Å². The summed E-state index contributed by atoms with van der Waals surface area (Å²) >= 11 is 0. The SMILES string of the molecule is CC(=NCCN(Cc1cccc(C)n1)Cc1cccc(C)n1)C(C)(C)[O-].F[P-](F)(F)(F)(F)F.[Fe+3]. The summed E-state index contributed by atoms with van der Waals surface area (Å²) in [6.45, 7) is 11.9. The molecule has 2 aromatic heterocycles. The molecule has 0 aliphatic rings. The van der Waals surface area contributed by atoms with Gasteiger partial charge in [-0.1, -0.05) is 31.6 Å². The van der Waals surface area contributed by atoms with Crippen molar-refractivity contribution in [2.24, 2.45) is 4.99 Å². The molecule has 0 N–H and O–H groups in total. The fourth-order valence-corrected chi connectivity index (χ4v) is 2.60. The number of halogens is 6. The summed E-state index contributed by atoms with van der Waals surface area (Å²) in [4.78, 5) is 16.0. The predicted octanol–water partition coefficient (Wildman–Crippen LogP) is 6.08. The Kier molecular flexibility index (Phi) is 10.9. The molecule has 2 aromatic rings. The van der Waals surface area contributed by atoms with Crippen LogP contribution in [0.4, 0.5) is 25.2 Å². The van der Waals surface area contributed by atoms with E-state index in [9.17, 15) is 30.3 Å². The third-order valence-corrected chi connectivity index (χ3v) is 4.30. The molecular weight excluding hydrogens is 525 g/mol. The van der Waals surface area contributed by atoms with E-state index in [1.807, 2.05) is 57.2 Å². The van der Waals surface area contributed by atoms with Gasteiger partial charge in [-0.05, 0) is 50.7 Å². The van der Waals surface area contributed by atoms with E-state index in [-0.39, 0.29) is 17.1 Å². The molecule has 0 saturated heterocycles. The molecule has 13 heteroatoms. The number of aryl methyl sites for hydroxylation is 2. The minimum atomic E-state index is -10.7. The van der Waals surface area contributed by atoms with Gasteiger partial charge in [0.05, 0.1) is 17.9 Å². The van der Waals surface area contributed by atoms with Crippen molar-refractivity contribution in [2.75, 3.05) is 13.1 Å². The zero-order valence-electron chi connectivity index (χ0n) is 19.6. The smallest absolute Gasteiger partial charge is 3.00 e. The average Bonchev–Trinajstić information content (AvgIpc) is 2.58. The topological polar surface area (TPSA) is 64.4 Å². The van der Waals surface area contributed by atoms with Gasteiger partial charge in [0, 0.05) is 31.0 Å². The van der Waals surface area contributed by atoms with Crippen molar-refractivity contribution < 1.29 is 47.4 Å². The van der Waals surface area contributed by atoms with E-state index in [2.05, 4.69) is 19.9 Å². The van der Waals surface area contributed by atoms with Crippen LogP contribution in [0.3, 0.4) is 0 Å². The number of aliphatic imine (C=N–C) groups is 1. The Morgan fingerprint density at radius 3 is 1.62 bits per heavy atom. The van der Waals surface area contributed by atoms with E-state index < -0.39 is 13.4 Å². The van der Waals surface area contributed by atoms with Crippen LogP contribution in [-0.4, -0.2) is 39.3 Å². The van der Waals surface area contributed by atoms with Gasteiger partial charge >= 0.3 is 50.1 Å². The van der Waals surface area contributed by atoms with Gasteiger partial charge in [-0.2, -0.15) is 0 Å². The zero-order valence-corrected chi connectivity index (χ0v) is 21.6. The molecule has 0 fully saturated rings. The second-order valence-electron chi connectivity index (χ2n) is 8.19. The number of hydrogen-bond acceptors (Lipinski definition) is 5. The standard InChI is InChI=1S/C21H29N4O.F6P.Fe/c1-16-8-6-10-19(23-16)14-25(13-12-22-18(3)21(4,5)26)15-20-11-7-9-17(2)24-20;1-7(2,3,4,5)6;/h6-11H,12-15H2,1-5H3;;/q2*-1;+3. The molecule has 2 rings (SSSR count). The normalized spacial score (nSPS) is 14.4. The fraction of sp³-hybridized carbons (Fsp3) is 0.476. The number of rotatable bonds is 8. The van der Waals surface area contributed by atoms with E-state index in [0.717, 1.165) is 42.4 Å². The summed E-state index contributed by atoms with van der Waals surface area (Å²) in [5.41, 5.74) is 3.60.